The van der Waals surface area contributed by atoms with Crippen molar-refractivity contribution in [3.8, 4) is 0 Å². The second-order valence-electron chi connectivity index (χ2n) is 7.86. The van der Waals surface area contributed by atoms with Crippen molar-refractivity contribution in [3.63, 3.8) is 0 Å². The Morgan fingerprint density at radius 3 is 2.81 bits per heavy atom. The molecule has 0 saturated carbocycles. The maximum Gasteiger partial charge on any atom is 0.317 e. The number of hydrogen-bond acceptors (Lipinski definition) is 3. The van der Waals surface area contributed by atoms with Crippen molar-refractivity contribution in [1.29, 1.82) is 0 Å². The Hall–Kier alpha value is -1.59. The average Bonchev–Trinajstić information content (AvgIpc) is 2.66. The minimum Gasteiger partial charge on any atom is -0.393 e. The number of aryl methyl sites for hydroxylation is 1. The van der Waals surface area contributed by atoms with Crippen LogP contribution in [0.2, 0.25) is 0 Å². The normalized spacial score (nSPS) is 22.4. The van der Waals surface area contributed by atoms with Gasteiger partial charge < -0.3 is 20.2 Å². The van der Waals surface area contributed by atoms with Gasteiger partial charge in [0.15, 0.2) is 0 Å². The number of rotatable bonds is 5. The third-order valence-electron chi connectivity index (χ3n) is 5.71. The molecule has 3 rings (SSSR count). The monoisotopic (exact) mass is 359 g/mol. The van der Waals surface area contributed by atoms with Gasteiger partial charge >= 0.3 is 6.03 Å². The second kappa shape index (κ2) is 9.38. The van der Waals surface area contributed by atoms with Crippen molar-refractivity contribution in [2.24, 2.45) is 0 Å². The standard InChI is InChI=1S/C21H33N3O2/c1-17-5-2-6-18(15-17)19-7-3-12-24(16-19)21(26)22-10-4-11-23-13-8-20(25)9-14-23/h2,5-6,15,19-20,25H,3-4,7-14,16H2,1H3,(H,22,26). The van der Waals surface area contributed by atoms with Crippen molar-refractivity contribution in [2.75, 3.05) is 39.3 Å². The van der Waals surface area contributed by atoms with Gasteiger partial charge in [-0.05, 0) is 51.1 Å². The van der Waals surface area contributed by atoms with Crippen molar-refractivity contribution in [2.45, 2.75) is 51.0 Å². The van der Waals surface area contributed by atoms with E-state index < -0.39 is 0 Å². The third-order valence-corrected chi connectivity index (χ3v) is 5.71. The zero-order valence-electron chi connectivity index (χ0n) is 16.0. The summed E-state index contributed by atoms with van der Waals surface area (Å²) in [5, 5.41) is 12.6. The van der Waals surface area contributed by atoms with Gasteiger partial charge in [0, 0.05) is 38.6 Å². The Morgan fingerprint density at radius 2 is 2.04 bits per heavy atom. The van der Waals surface area contributed by atoms with E-state index in [-0.39, 0.29) is 12.1 Å². The maximum absolute atomic E-state index is 12.5. The highest BCUT2D eigenvalue weighted by Crippen LogP contribution is 2.27. The molecule has 2 heterocycles. The number of piperidine rings is 2. The van der Waals surface area contributed by atoms with E-state index in [0.29, 0.717) is 5.92 Å². The number of carbonyl (C=O) groups excluding carboxylic acids is 1. The molecule has 5 heteroatoms. The topological polar surface area (TPSA) is 55.8 Å². The van der Waals surface area contributed by atoms with Crippen molar-refractivity contribution in [1.82, 2.24) is 15.1 Å². The van der Waals surface area contributed by atoms with Crippen LogP contribution in [0.1, 0.15) is 49.1 Å². The van der Waals surface area contributed by atoms with Crippen LogP contribution in [0.15, 0.2) is 24.3 Å². The molecule has 2 amide bonds. The Bertz CT molecular complexity index is 584. The predicted molar refractivity (Wildman–Crippen MR) is 104 cm³/mol. The Kier molecular flexibility index (Phi) is 6.92. The molecule has 1 unspecified atom stereocenters. The number of carbonyl (C=O) groups is 1. The van der Waals surface area contributed by atoms with Crippen LogP contribution in [-0.4, -0.2) is 66.3 Å². The highest BCUT2D eigenvalue weighted by Gasteiger charge is 2.24. The maximum atomic E-state index is 12.5. The highest BCUT2D eigenvalue weighted by atomic mass is 16.3. The van der Waals surface area contributed by atoms with E-state index in [1.54, 1.807) is 0 Å². The van der Waals surface area contributed by atoms with Gasteiger partial charge in [0.25, 0.3) is 0 Å². The number of benzene rings is 1. The predicted octanol–water partition coefficient (Wildman–Crippen LogP) is 2.73. The lowest BCUT2D eigenvalue weighted by atomic mass is 9.90. The third kappa shape index (κ3) is 5.45. The van der Waals surface area contributed by atoms with Gasteiger partial charge in [0.1, 0.15) is 0 Å². The number of hydrogen-bond donors (Lipinski definition) is 2. The van der Waals surface area contributed by atoms with Crippen LogP contribution in [0.25, 0.3) is 0 Å². The zero-order valence-corrected chi connectivity index (χ0v) is 16.0. The summed E-state index contributed by atoms with van der Waals surface area (Å²) in [6, 6.07) is 8.76. The van der Waals surface area contributed by atoms with Crippen LogP contribution >= 0.6 is 0 Å². The summed E-state index contributed by atoms with van der Waals surface area (Å²) >= 11 is 0. The quantitative estimate of drug-likeness (QED) is 0.795. The first-order chi connectivity index (χ1) is 12.6. The van der Waals surface area contributed by atoms with Crippen LogP contribution in [-0.2, 0) is 0 Å². The lowest BCUT2D eigenvalue weighted by molar-refractivity contribution is 0.0821. The smallest absolute Gasteiger partial charge is 0.317 e. The molecule has 144 valence electrons. The summed E-state index contributed by atoms with van der Waals surface area (Å²) in [5.74, 6) is 0.453. The fourth-order valence-electron chi connectivity index (χ4n) is 4.11. The minimum atomic E-state index is -0.119. The summed E-state index contributed by atoms with van der Waals surface area (Å²) in [5.41, 5.74) is 2.64. The highest BCUT2D eigenvalue weighted by molar-refractivity contribution is 5.74. The molecule has 1 atom stereocenters. The first-order valence-corrected chi connectivity index (χ1v) is 10.1. The number of nitrogens with one attached hydrogen (secondary N) is 1. The fraction of sp³-hybridized carbons (Fsp3) is 0.667. The van der Waals surface area contributed by atoms with E-state index in [1.807, 2.05) is 4.90 Å². The van der Waals surface area contributed by atoms with Gasteiger partial charge in [-0.15, -0.1) is 0 Å². The summed E-state index contributed by atoms with van der Waals surface area (Å²) < 4.78 is 0. The molecule has 0 radical (unpaired) electrons. The largest absolute Gasteiger partial charge is 0.393 e. The number of aliphatic hydroxyl groups is 1. The second-order valence-corrected chi connectivity index (χ2v) is 7.86. The van der Waals surface area contributed by atoms with Crippen molar-refractivity contribution < 1.29 is 9.90 Å². The molecule has 2 aliphatic rings. The van der Waals surface area contributed by atoms with E-state index in [9.17, 15) is 9.90 Å². The Balaban J connectivity index is 1.39. The number of nitrogens with zero attached hydrogens (tertiary/aromatic N) is 2. The van der Waals surface area contributed by atoms with Gasteiger partial charge in [-0.1, -0.05) is 29.8 Å². The van der Waals surface area contributed by atoms with E-state index in [2.05, 4.69) is 41.4 Å². The van der Waals surface area contributed by atoms with E-state index in [0.717, 1.165) is 71.4 Å². The molecule has 1 aromatic rings. The Labute approximate surface area is 157 Å². The minimum absolute atomic E-state index is 0.0800. The molecule has 5 nitrogen and oxygen atoms in total. The van der Waals surface area contributed by atoms with Crippen molar-refractivity contribution in [3.05, 3.63) is 35.4 Å². The number of amides is 2. The first-order valence-electron chi connectivity index (χ1n) is 10.1. The molecule has 2 fully saturated rings. The molecule has 0 aromatic heterocycles. The summed E-state index contributed by atoms with van der Waals surface area (Å²) in [6.45, 7) is 7.47. The average molecular weight is 360 g/mol. The van der Waals surface area contributed by atoms with E-state index in [4.69, 9.17) is 0 Å². The van der Waals surface area contributed by atoms with Crippen molar-refractivity contribution >= 4 is 6.03 Å². The summed E-state index contributed by atoms with van der Waals surface area (Å²) in [7, 11) is 0. The van der Waals surface area contributed by atoms with Gasteiger partial charge in [-0.25, -0.2) is 4.79 Å². The molecular weight excluding hydrogens is 326 g/mol. The van der Waals surface area contributed by atoms with Crippen LogP contribution in [0.4, 0.5) is 4.79 Å². The van der Waals surface area contributed by atoms with Gasteiger partial charge in [0.05, 0.1) is 6.10 Å². The summed E-state index contributed by atoms with van der Waals surface area (Å²) in [6.07, 6.45) is 4.83. The zero-order chi connectivity index (χ0) is 18.4. The SMILES string of the molecule is Cc1cccc(C2CCCN(C(=O)NCCCN3CCC(O)CC3)C2)c1. The summed E-state index contributed by atoms with van der Waals surface area (Å²) in [4.78, 5) is 16.9. The number of likely N-dealkylation sites (tertiary alicyclic amines) is 2. The lowest BCUT2D eigenvalue weighted by Gasteiger charge is -2.33. The van der Waals surface area contributed by atoms with Gasteiger partial charge in [-0.2, -0.15) is 0 Å². The molecule has 0 aliphatic carbocycles. The molecule has 2 aliphatic heterocycles. The van der Waals surface area contributed by atoms with Crippen LogP contribution < -0.4 is 5.32 Å². The lowest BCUT2D eigenvalue weighted by Crippen LogP contribution is -2.45. The van der Waals surface area contributed by atoms with E-state index >= 15 is 0 Å². The van der Waals surface area contributed by atoms with Crippen LogP contribution in [0.5, 0.6) is 0 Å². The van der Waals surface area contributed by atoms with Crippen LogP contribution in [0.3, 0.4) is 0 Å². The molecule has 2 saturated heterocycles. The number of urea groups is 1. The molecular formula is C21H33N3O2. The van der Waals surface area contributed by atoms with Crippen LogP contribution in [0, 0.1) is 6.92 Å². The Morgan fingerprint density at radius 1 is 1.23 bits per heavy atom. The van der Waals surface area contributed by atoms with Gasteiger partial charge in [-0.3, -0.25) is 0 Å². The molecule has 26 heavy (non-hydrogen) atoms. The molecule has 0 bridgehead atoms. The fourth-order valence-corrected chi connectivity index (χ4v) is 4.11. The molecule has 2 N–H and O–H groups in total. The number of aliphatic hydroxyl groups excluding tert-OH is 1. The molecule has 1 aromatic carbocycles. The molecule has 0 spiro atoms. The first kappa shape index (κ1) is 19.2. The van der Waals surface area contributed by atoms with E-state index in [1.165, 1.54) is 11.1 Å². The van der Waals surface area contributed by atoms with Gasteiger partial charge in [0.2, 0.25) is 0 Å².